The number of aryl methyl sites for hydroxylation is 1. The highest BCUT2D eigenvalue weighted by atomic mass is 15.2. The highest BCUT2D eigenvalue weighted by Gasteiger charge is 2.19. The van der Waals surface area contributed by atoms with Crippen molar-refractivity contribution in [3.05, 3.63) is 116 Å². The van der Waals surface area contributed by atoms with Crippen LogP contribution in [0.5, 0.6) is 0 Å². The summed E-state index contributed by atoms with van der Waals surface area (Å²) in [5.74, 6) is 1.63. The molecular formula is C32H22N6. The summed E-state index contributed by atoms with van der Waals surface area (Å²) >= 11 is 0. The normalized spacial score (nSPS) is 11.8. The Morgan fingerprint density at radius 3 is 2.42 bits per heavy atom. The van der Waals surface area contributed by atoms with Gasteiger partial charge in [-0.3, -0.25) is 9.13 Å². The SMILES string of the molecule is Cn1cc(-c2ccccc2)c2nc3c(cc21)c1ccccc1n3-c1cccc(-n2ccc3cccnc32)n1. The van der Waals surface area contributed by atoms with E-state index in [1.807, 2.05) is 47.3 Å². The van der Waals surface area contributed by atoms with E-state index in [1.54, 1.807) is 0 Å². The molecule has 0 saturated heterocycles. The summed E-state index contributed by atoms with van der Waals surface area (Å²) in [6.07, 6.45) is 6.00. The molecule has 0 N–H and O–H groups in total. The van der Waals surface area contributed by atoms with Gasteiger partial charge < -0.3 is 4.57 Å². The molecule has 8 rings (SSSR count). The molecule has 8 aromatic rings. The van der Waals surface area contributed by atoms with Crippen molar-refractivity contribution in [2.45, 2.75) is 0 Å². The van der Waals surface area contributed by atoms with E-state index >= 15 is 0 Å². The number of rotatable bonds is 3. The van der Waals surface area contributed by atoms with Crippen molar-refractivity contribution in [2.24, 2.45) is 7.05 Å². The van der Waals surface area contributed by atoms with Crippen LogP contribution < -0.4 is 0 Å². The molecule has 0 aliphatic rings. The van der Waals surface area contributed by atoms with Crippen molar-refractivity contribution in [1.29, 1.82) is 0 Å². The van der Waals surface area contributed by atoms with Crippen LogP contribution in [-0.2, 0) is 7.05 Å². The summed E-state index contributed by atoms with van der Waals surface area (Å²) < 4.78 is 6.37. The molecule has 180 valence electrons. The molecule has 0 unspecified atom stereocenters. The van der Waals surface area contributed by atoms with Crippen molar-refractivity contribution < 1.29 is 0 Å². The Kier molecular flexibility index (Phi) is 4.34. The van der Waals surface area contributed by atoms with Crippen molar-refractivity contribution in [1.82, 2.24) is 28.7 Å². The summed E-state index contributed by atoms with van der Waals surface area (Å²) in [5.41, 5.74) is 7.20. The van der Waals surface area contributed by atoms with Gasteiger partial charge in [0.05, 0.1) is 16.6 Å². The summed E-state index contributed by atoms with van der Waals surface area (Å²) in [6.45, 7) is 0. The number of nitrogens with zero attached hydrogens (tertiary/aromatic N) is 6. The average Bonchev–Trinajstić information content (AvgIpc) is 3.64. The van der Waals surface area contributed by atoms with Crippen molar-refractivity contribution in [3.63, 3.8) is 0 Å². The van der Waals surface area contributed by atoms with E-state index in [4.69, 9.17) is 9.97 Å². The number of fused-ring (bicyclic) bond motifs is 5. The number of hydrogen-bond donors (Lipinski definition) is 0. The predicted octanol–water partition coefficient (Wildman–Crippen LogP) is 7.07. The minimum atomic E-state index is 0.813. The monoisotopic (exact) mass is 490 g/mol. The maximum atomic E-state index is 5.31. The summed E-state index contributed by atoms with van der Waals surface area (Å²) in [4.78, 5) is 15.0. The van der Waals surface area contributed by atoms with E-state index in [-0.39, 0.29) is 0 Å². The third-order valence-corrected chi connectivity index (χ3v) is 7.32. The molecule has 38 heavy (non-hydrogen) atoms. The molecule has 0 bridgehead atoms. The minimum absolute atomic E-state index is 0.813. The Hall–Kier alpha value is -5.23. The van der Waals surface area contributed by atoms with Crippen LogP contribution >= 0.6 is 0 Å². The summed E-state index contributed by atoms with van der Waals surface area (Å²) in [6, 6.07) is 33.4. The first kappa shape index (κ1) is 20.9. The standard InChI is InChI=1S/C32H22N6/c1-36-20-25(21-9-3-2-4-10-21)30-27(36)19-24-23-12-5-6-13-26(23)38(32(24)35-30)29-15-7-14-28(34-29)37-18-16-22-11-8-17-33-31(22)37/h2-20H,1H3. The van der Waals surface area contributed by atoms with E-state index in [0.29, 0.717) is 0 Å². The fraction of sp³-hybridized carbons (Fsp3) is 0.0312. The highest BCUT2D eigenvalue weighted by Crippen LogP contribution is 2.36. The van der Waals surface area contributed by atoms with Gasteiger partial charge in [-0.25, -0.2) is 15.0 Å². The van der Waals surface area contributed by atoms with Crippen LogP contribution in [0.1, 0.15) is 0 Å². The fourth-order valence-electron chi connectivity index (χ4n) is 5.55. The van der Waals surface area contributed by atoms with Crippen LogP contribution in [-0.4, -0.2) is 28.7 Å². The molecule has 6 heteroatoms. The second-order valence-corrected chi connectivity index (χ2v) is 9.56. The first-order valence-electron chi connectivity index (χ1n) is 12.6. The Bertz CT molecular complexity index is 2150. The Morgan fingerprint density at radius 1 is 0.658 bits per heavy atom. The molecule has 6 aromatic heterocycles. The molecule has 0 aliphatic carbocycles. The van der Waals surface area contributed by atoms with Gasteiger partial charge in [-0.2, -0.15) is 0 Å². The Balaban J connectivity index is 1.42. The molecule has 0 aliphatic heterocycles. The van der Waals surface area contributed by atoms with E-state index in [1.165, 1.54) is 0 Å². The van der Waals surface area contributed by atoms with Crippen LogP contribution in [0.4, 0.5) is 0 Å². The minimum Gasteiger partial charge on any atom is -0.349 e. The molecule has 0 radical (unpaired) electrons. The highest BCUT2D eigenvalue weighted by molar-refractivity contribution is 6.12. The van der Waals surface area contributed by atoms with Crippen molar-refractivity contribution in [3.8, 4) is 22.8 Å². The second kappa shape index (κ2) is 7.88. The first-order valence-corrected chi connectivity index (χ1v) is 12.6. The molecule has 6 heterocycles. The number of para-hydroxylation sites is 1. The lowest BCUT2D eigenvalue weighted by Gasteiger charge is -2.10. The third kappa shape index (κ3) is 2.97. The maximum Gasteiger partial charge on any atom is 0.147 e. The van der Waals surface area contributed by atoms with Crippen LogP contribution in [0.15, 0.2) is 116 Å². The zero-order valence-corrected chi connectivity index (χ0v) is 20.7. The number of hydrogen-bond acceptors (Lipinski definition) is 3. The molecule has 0 atom stereocenters. The van der Waals surface area contributed by atoms with Crippen molar-refractivity contribution >= 4 is 44.0 Å². The molecule has 6 nitrogen and oxygen atoms in total. The van der Waals surface area contributed by atoms with Gasteiger partial charge in [0.25, 0.3) is 0 Å². The van der Waals surface area contributed by atoms with Crippen molar-refractivity contribution in [2.75, 3.05) is 0 Å². The van der Waals surface area contributed by atoms with E-state index in [0.717, 1.165) is 66.8 Å². The van der Waals surface area contributed by atoms with E-state index in [2.05, 4.69) is 94.1 Å². The molecular weight excluding hydrogens is 468 g/mol. The fourth-order valence-corrected chi connectivity index (χ4v) is 5.55. The topological polar surface area (TPSA) is 53.5 Å². The van der Waals surface area contributed by atoms with Crippen LogP contribution in [0.25, 0.3) is 66.8 Å². The molecule has 0 spiro atoms. The van der Waals surface area contributed by atoms with Gasteiger partial charge in [-0.15, -0.1) is 0 Å². The van der Waals surface area contributed by atoms with E-state index in [9.17, 15) is 0 Å². The second-order valence-electron chi connectivity index (χ2n) is 9.56. The smallest absolute Gasteiger partial charge is 0.147 e. The predicted molar refractivity (Wildman–Crippen MR) is 153 cm³/mol. The lowest BCUT2D eigenvalue weighted by atomic mass is 10.1. The van der Waals surface area contributed by atoms with Gasteiger partial charge in [0.15, 0.2) is 0 Å². The quantitative estimate of drug-likeness (QED) is 0.266. The Morgan fingerprint density at radius 2 is 1.50 bits per heavy atom. The average molecular weight is 491 g/mol. The lowest BCUT2D eigenvalue weighted by molar-refractivity contribution is 0.968. The summed E-state index contributed by atoms with van der Waals surface area (Å²) in [7, 11) is 2.09. The zero-order valence-electron chi connectivity index (χ0n) is 20.7. The first-order chi connectivity index (χ1) is 18.8. The van der Waals surface area contributed by atoms with Gasteiger partial charge in [0, 0.05) is 47.4 Å². The van der Waals surface area contributed by atoms with E-state index < -0.39 is 0 Å². The molecule has 0 fully saturated rings. The third-order valence-electron chi connectivity index (χ3n) is 7.32. The van der Waals surface area contributed by atoms with Gasteiger partial charge in [0.2, 0.25) is 0 Å². The van der Waals surface area contributed by atoms with Crippen LogP contribution in [0.3, 0.4) is 0 Å². The Labute approximate surface area is 218 Å². The van der Waals surface area contributed by atoms with Gasteiger partial charge >= 0.3 is 0 Å². The van der Waals surface area contributed by atoms with Gasteiger partial charge in [0.1, 0.15) is 22.9 Å². The molecule has 0 saturated carbocycles. The molecule has 2 aromatic carbocycles. The largest absolute Gasteiger partial charge is 0.349 e. The lowest BCUT2D eigenvalue weighted by Crippen LogP contribution is -2.03. The van der Waals surface area contributed by atoms with Crippen LogP contribution in [0.2, 0.25) is 0 Å². The zero-order chi connectivity index (χ0) is 25.2. The summed E-state index contributed by atoms with van der Waals surface area (Å²) in [5, 5.41) is 3.34. The number of pyridine rings is 3. The maximum absolute atomic E-state index is 5.31. The van der Waals surface area contributed by atoms with Gasteiger partial charge in [-0.05, 0) is 48.0 Å². The number of aromatic nitrogens is 6. The molecule has 0 amide bonds. The van der Waals surface area contributed by atoms with Crippen LogP contribution in [0, 0.1) is 0 Å². The number of benzene rings is 2. The van der Waals surface area contributed by atoms with Gasteiger partial charge in [-0.1, -0.05) is 54.6 Å².